The predicted octanol–water partition coefficient (Wildman–Crippen LogP) is 3.15. The van der Waals surface area contributed by atoms with Gasteiger partial charge < -0.3 is 5.32 Å². The van der Waals surface area contributed by atoms with Crippen LogP contribution in [0.25, 0.3) is 0 Å². The summed E-state index contributed by atoms with van der Waals surface area (Å²) < 4.78 is 27.8. The van der Waals surface area contributed by atoms with Crippen molar-refractivity contribution in [2.24, 2.45) is 0 Å². The quantitative estimate of drug-likeness (QED) is 0.893. The van der Waals surface area contributed by atoms with Crippen LogP contribution >= 0.6 is 11.8 Å². The van der Waals surface area contributed by atoms with Gasteiger partial charge in [-0.1, -0.05) is 12.1 Å². The van der Waals surface area contributed by atoms with E-state index in [2.05, 4.69) is 10.0 Å². The molecule has 23 heavy (non-hydrogen) atoms. The second-order valence-electron chi connectivity index (χ2n) is 5.42. The van der Waals surface area contributed by atoms with Crippen molar-refractivity contribution in [1.82, 2.24) is 0 Å². The number of hydrogen-bond donors (Lipinski definition) is 2. The molecule has 2 N–H and O–H groups in total. The first-order valence-corrected chi connectivity index (χ1v) is 9.49. The Morgan fingerprint density at radius 3 is 2.70 bits per heavy atom. The maximum atomic E-state index is 12.6. The fourth-order valence-electron chi connectivity index (χ4n) is 2.28. The minimum absolute atomic E-state index is 0.125. The molecule has 2 aromatic rings. The molecule has 0 atom stereocenters. The maximum absolute atomic E-state index is 12.6. The summed E-state index contributed by atoms with van der Waals surface area (Å²) in [6, 6.07) is 10.4. The number of anilines is 2. The van der Waals surface area contributed by atoms with Crippen molar-refractivity contribution in [2.75, 3.05) is 15.8 Å². The van der Waals surface area contributed by atoms with Gasteiger partial charge in [0.05, 0.1) is 22.0 Å². The molecule has 0 fully saturated rings. The molecule has 3 rings (SSSR count). The number of thioether (sulfide) groups is 1. The Hall–Kier alpha value is -1.99. The van der Waals surface area contributed by atoms with Crippen LogP contribution in [0.3, 0.4) is 0 Å². The molecule has 1 aliphatic rings. The van der Waals surface area contributed by atoms with E-state index in [1.807, 2.05) is 26.0 Å². The number of amides is 1. The lowest BCUT2D eigenvalue weighted by molar-refractivity contribution is -0.113. The molecule has 2 aromatic carbocycles. The summed E-state index contributed by atoms with van der Waals surface area (Å²) in [4.78, 5) is 12.5. The van der Waals surface area contributed by atoms with Crippen molar-refractivity contribution in [2.45, 2.75) is 23.6 Å². The van der Waals surface area contributed by atoms with Gasteiger partial charge in [-0.05, 0) is 49.2 Å². The van der Waals surface area contributed by atoms with Gasteiger partial charge >= 0.3 is 0 Å². The van der Waals surface area contributed by atoms with Crippen LogP contribution in [0.1, 0.15) is 11.1 Å². The molecule has 5 nitrogen and oxygen atoms in total. The minimum Gasteiger partial charge on any atom is -0.324 e. The van der Waals surface area contributed by atoms with Gasteiger partial charge in [0.25, 0.3) is 10.0 Å². The van der Waals surface area contributed by atoms with Gasteiger partial charge in [-0.2, -0.15) is 0 Å². The zero-order chi connectivity index (χ0) is 16.6. The number of carbonyl (C=O) groups is 1. The van der Waals surface area contributed by atoms with E-state index in [0.29, 0.717) is 17.1 Å². The summed E-state index contributed by atoms with van der Waals surface area (Å²) in [5.41, 5.74) is 2.92. The molecule has 0 saturated carbocycles. The molecular formula is C16H16N2O3S2. The van der Waals surface area contributed by atoms with Crippen molar-refractivity contribution in [3.8, 4) is 0 Å². The van der Waals surface area contributed by atoms with E-state index in [9.17, 15) is 13.2 Å². The topological polar surface area (TPSA) is 75.3 Å². The normalized spacial score (nSPS) is 14.1. The van der Waals surface area contributed by atoms with Crippen molar-refractivity contribution in [3.63, 3.8) is 0 Å². The molecular weight excluding hydrogens is 332 g/mol. The summed E-state index contributed by atoms with van der Waals surface area (Å²) >= 11 is 1.40. The summed E-state index contributed by atoms with van der Waals surface area (Å²) in [5.74, 6) is 0.222. The zero-order valence-corrected chi connectivity index (χ0v) is 14.3. The monoisotopic (exact) mass is 348 g/mol. The fraction of sp³-hybridized carbons (Fsp3) is 0.188. The average Bonchev–Trinajstić information content (AvgIpc) is 2.50. The Morgan fingerprint density at radius 1 is 1.13 bits per heavy atom. The number of hydrogen-bond acceptors (Lipinski definition) is 4. The molecule has 0 aromatic heterocycles. The van der Waals surface area contributed by atoms with Crippen LogP contribution in [0.4, 0.5) is 11.4 Å². The Bertz CT molecular complexity index is 892. The number of rotatable bonds is 3. The largest absolute Gasteiger partial charge is 0.324 e. The standard InChI is InChI=1S/C16H16N2O3S2/c1-10-3-4-11(2)13(7-10)18-23(20,21)12-5-6-15-14(8-12)17-16(19)9-22-15/h3-8,18H,9H2,1-2H3,(H,17,19). The summed E-state index contributed by atoms with van der Waals surface area (Å²) in [5, 5.41) is 2.70. The molecule has 1 heterocycles. The molecule has 7 heteroatoms. The molecule has 0 bridgehead atoms. The predicted molar refractivity (Wildman–Crippen MR) is 92.5 cm³/mol. The smallest absolute Gasteiger partial charge is 0.261 e. The molecule has 0 unspecified atom stereocenters. The first-order chi connectivity index (χ1) is 10.8. The van der Waals surface area contributed by atoms with E-state index in [1.165, 1.54) is 17.8 Å². The van der Waals surface area contributed by atoms with Gasteiger partial charge in [0.15, 0.2) is 0 Å². The Morgan fingerprint density at radius 2 is 1.91 bits per heavy atom. The fourth-order valence-corrected chi connectivity index (χ4v) is 4.21. The van der Waals surface area contributed by atoms with Gasteiger partial charge in [-0.15, -0.1) is 11.8 Å². The van der Waals surface area contributed by atoms with E-state index in [-0.39, 0.29) is 10.8 Å². The molecule has 1 amide bonds. The van der Waals surface area contributed by atoms with Crippen LogP contribution in [-0.2, 0) is 14.8 Å². The maximum Gasteiger partial charge on any atom is 0.261 e. The van der Waals surface area contributed by atoms with Crippen LogP contribution in [0, 0.1) is 13.8 Å². The first-order valence-electron chi connectivity index (χ1n) is 7.02. The van der Waals surface area contributed by atoms with E-state index in [1.54, 1.807) is 18.2 Å². The lowest BCUT2D eigenvalue weighted by Gasteiger charge is -2.18. The Labute approximate surface area is 139 Å². The SMILES string of the molecule is Cc1ccc(C)c(NS(=O)(=O)c2ccc3c(c2)NC(=O)CS3)c1. The van der Waals surface area contributed by atoms with E-state index in [0.717, 1.165) is 16.0 Å². The highest BCUT2D eigenvalue weighted by atomic mass is 32.2. The van der Waals surface area contributed by atoms with Crippen LogP contribution in [-0.4, -0.2) is 20.1 Å². The van der Waals surface area contributed by atoms with E-state index >= 15 is 0 Å². The lowest BCUT2D eigenvalue weighted by atomic mass is 10.1. The molecule has 0 aliphatic carbocycles. The van der Waals surface area contributed by atoms with Crippen LogP contribution in [0.2, 0.25) is 0 Å². The average molecular weight is 348 g/mol. The second kappa shape index (κ2) is 5.90. The highest BCUT2D eigenvalue weighted by Crippen LogP contribution is 2.33. The minimum atomic E-state index is -3.71. The van der Waals surface area contributed by atoms with Gasteiger partial charge in [0.2, 0.25) is 5.91 Å². The van der Waals surface area contributed by atoms with Crippen LogP contribution < -0.4 is 10.0 Å². The second-order valence-corrected chi connectivity index (χ2v) is 8.12. The molecule has 0 radical (unpaired) electrons. The lowest BCUT2D eigenvalue weighted by Crippen LogP contribution is -2.20. The van der Waals surface area contributed by atoms with Crippen molar-refractivity contribution in [1.29, 1.82) is 0 Å². The van der Waals surface area contributed by atoms with Crippen molar-refractivity contribution in [3.05, 3.63) is 47.5 Å². The first kappa shape index (κ1) is 15.9. The molecule has 120 valence electrons. The molecule has 1 aliphatic heterocycles. The Balaban J connectivity index is 1.95. The van der Waals surface area contributed by atoms with E-state index < -0.39 is 10.0 Å². The number of aryl methyl sites for hydroxylation is 2. The third kappa shape index (κ3) is 3.35. The zero-order valence-electron chi connectivity index (χ0n) is 12.7. The Kier molecular flexibility index (Phi) is 4.08. The molecule has 0 spiro atoms. The van der Waals surface area contributed by atoms with Gasteiger partial charge in [0.1, 0.15) is 0 Å². The number of fused-ring (bicyclic) bond motifs is 1. The van der Waals surface area contributed by atoms with Crippen LogP contribution in [0.5, 0.6) is 0 Å². The number of carbonyl (C=O) groups excluding carboxylic acids is 1. The summed E-state index contributed by atoms with van der Waals surface area (Å²) in [7, 11) is -3.71. The highest BCUT2D eigenvalue weighted by Gasteiger charge is 2.21. The number of nitrogens with one attached hydrogen (secondary N) is 2. The van der Waals surface area contributed by atoms with E-state index in [4.69, 9.17) is 0 Å². The van der Waals surface area contributed by atoms with Gasteiger partial charge in [-0.3, -0.25) is 9.52 Å². The van der Waals surface area contributed by atoms with Gasteiger partial charge in [0, 0.05) is 4.90 Å². The van der Waals surface area contributed by atoms with Crippen LogP contribution in [0.15, 0.2) is 46.2 Å². The van der Waals surface area contributed by atoms with Crippen molar-refractivity contribution < 1.29 is 13.2 Å². The molecule has 0 saturated heterocycles. The summed E-state index contributed by atoms with van der Waals surface area (Å²) in [6.45, 7) is 3.75. The summed E-state index contributed by atoms with van der Waals surface area (Å²) in [6.07, 6.45) is 0. The van der Waals surface area contributed by atoms with Gasteiger partial charge in [-0.25, -0.2) is 8.42 Å². The number of benzene rings is 2. The number of sulfonamides is 1. The highest BCUT2D eigenvalue weighted by molar-refractivity contribution is 8.00. The third-order valence-corrected chi connectivity index (χ3v) is 5.97. The third-order valence-electron chi connectivity index (χ3n) is 3.53. The van der Waals surface area contributed by atoms with Crippen molar-refractivity contribution >= 4 is 39.1 Å².